The van der Waals surface area contributed by atoms with Gasteiger partial charge >= 0.3 is 0 Å². The topological polar surface area (TPSA) is 102 Å². The van der Waals surface area contributed by atoms with Crippen molar-refractivity contribution in [2.75, 3.05) is 5.32 Å². The van der Waals surface area contributed by atoms with Gasteiger partial charge in [0.1, 0.15) is 11.3 Å². The van der Waals surface area contributed by atoms with Crippen molar-refractivity contribution < 1.29 is 18.8 Å². The lowest BCUT2D eigenvalue weighted by molar-refractivity contribution is 0.0974. The van der Waals surface area contributed by atoms with Crippen LogP contribution < -0.4 is 11.1 Å². The van der Waals surface area contributed by atoms with Crippen molar-refractivity contribution in [1.82, 2.24) is 0 Å². The summed E-state index contributed by atoms with van der Waals surface area (Å²) in [6.45, 7) is 2.84. The Morgan fingerprint density at radius 1 is 0.889 bits per heavy atom. The van der Waals surface area contributed by atoms with Crippen LogP contribution in [-0.2, 0) is 0 Å². The molecule has 0 fully saturated rings. The van der Waals surface area contributed by atoms with E-state index in [9.17, 15) is 14.4 Å². The van der Waals surface area contributed by atoms with Crippen molar-refractivity contribution in [2.45, 2.75) is 13.8 Å². The molecule has 1 heterocycles. The minimum atomic E-state index is -0.841. The Morgan fingerprint density at radius 3 is 2.04 bits per heavy atom. The number of carbonyl (C=O) groups is 3. The molecule has 3 rings (SSSR count). The quantitative estimate of drug-likeness (QED) is 0.674. The van der Waals surface area contributed by atoms with Crippen molar-refractivity contribution in [2.24, 2.45) is 5.73 Å². The maximum atomic E-state index is 12.5. The van der Waals surface area contributed by atoms with Crippen molar-refractivity contribution in [3.8, 4) is 11.1 Å². The van der Waals surface area contributed by atoms with Gasteiger partial charge in [0, 0.05) is 5.56 Å². The first-order valence-corrected chi connectivity index (χ1v) is 8.29. The smallest absolute Gasteiger partial charge is 0.257 e. The maximum Gasteiger partial charge on any atom is 0.257 e. The van der Waals surface area contributed by atoms with Crippen molar-refractivity contribution >= 4 is 23.5 Å². The second-order valence-electron chi connectivity index (χ2n) is 6.06. The highest BCUT2D eigenvalue weighted by Crippen LogP contribution is 2.28. The van der Waals surface area contributed by atoms with Gasteiger partial charge in [-0.2, -0.15) is 0 Å². The predicted octanol–water partition coefficient (Wildman–Crippen LogP) is 3.81. The largest absolute Gasteiger partial charge is 0.444 e. The molecule has 0 radical (unpaired) electrons. The number of hydrogen-bond donors (Lipinski definition) is 2. The van der Waals surface area contributed by atoms with Crippen LogP contribution in [0, 0.1) is 6.92 Å². The predicted molar refractivity (Wildman–Crippen MR) is 102 cm³/mol. The lowest BCUT2D eigenvalue weighted by atomic mass is 10.0. The van der Waals surface area contributed by atoms with Gasteiger partial charge in [0.05, 0.1) is 5.56 Å². The van der Waals surface area contributed by atoms with Crippen LogP contribution in [-0.4, -0.2) is 17.6 Å². The number of Topliss-reactive ketones (excluding diaryl/α,β-unsaturated/α-hetero) is 1. The molecule has 6 nitrogen and oxygen atoms in total. The molecule has 0 saturated heterocycles. The molecule has 0 aliphatic rings. The fourth-order valence-corrected chi connectivity index (χ4v) is 2.91. The lowest BCUT2D eigenvalue weighted by Crippen LogP contribution is -2.19. The SMILES string of the molecule is CC(=O)c1c(C)oc(NC(=O)c2ccc(-c3ccccc3)cc2)c1C(N)=O. The summed E-state index contributed by atoms with van der Waals surface area (Å²) in [7, 11) is 0. The summed E-state index contributed by atoms with van der Waals surface area (Å²) in [4.78, 5) is 36.0. The molecular weight excluding hydrogens is 344 g/mol. The van der Waals surface area contributed by atoms with Crippen LogP contribution in [0.5, 0.6) is 0 Å². The molecule has 2 amide bonds. The first-order chi connectivity index (χ1) is 12.9. The minimum absolute atomic E-state index is 0.0808. The van der Waals surface area contributed by atoms with Crippen LogP contribution in [0.1, 0.15) is 43.8 Å². The van der Waals surface area contributed by atoms with Crippen molar-refractivity contribution in [3.05, 3.63) is 77.0 Å². The standard InChI is InChI=1S/C21H18N2O4/c1-12(24)17-13(2)27-21(18(17)19(22)25)23-20(26)16-10-8-15(9-11-16)14-6-4-3-5-7-14/h3-11H,1-2H3,(H2,22,25)(H,23,26). The number of ketones is 1. The third kappa shape index (κ3) is 3.64. The number of rotatable bonds is 5. The van der Waals surface area contributed by atoms with E-state index in [-0.39, 0.29) is 28.6 Å². The van der Waals surface area contributed by atoms with E-state index in [0.29, 0.717) is 5.56 Å². The van der Waals surface area contributed by atoms with Gasteiger partial charge in [-0.1, -0.05) is 42.5 Å². The summed E-state index contributed by atoms with van der Waals surface area (Å²) in [5.74, 6) is -1.57. The number of anilines is 1. The molecule has 0 unspecified atom stereocenters. The molecule has 0 atom stereocenters. The van der Waals surface area contributed by atoms with Crippen LogP contribution in [0.25, 0.3) is 11.1 Å². The number of carbonyl (C=O) groups excluding carboxylic acids is 3. The number of primary amides is 1. The Morgan fingerprint density at radius 2 is 1.48 bits per heavy atom. The van der Waals surface area contributed by atoms with E-state index < -0.39 is 11.8 Å². The first-order valence-electron chi connectivity index (χ1n) is 8.29. The highest BCUT2D eigenvalue weighted by molar-refractivity contribution is 6.13. The van der Waals surface area contributed by atoms with Gasteiger partial charge in [0.2, 0.25) is 5.88 Å². The Hall–Kier alpha value is -3.67. The summed E-state index contributed by atoms with van der Waals surface area (Å²) >= 11 is 0. The van der Waals surface area contributed by atoms with Gasteiger partial charge in [-0.25, -0.2) is 0 Å². The number of nitrogens with one attached hydrogen (secondary N) is 1. The second kappa shape index (κ2) is 7.29. The average molecular weight is 362 g/mol. The van der Waals surface area contributed by atoms with Gasteiger partial charge in [0.25, 0.3) is 11.8 Å². The molecule has 0 aliphatic heterocycles. The molecule has 136 valence electrons. The number of amides is 2. The lowest BCUT2D eigenvalue weighted by Gasteiger charge is -2.06. The molecule has 3 aromatic rings. The molecule has 0 spiro atoms. The number of hydrogen-bond acceptors (Lipinski definition) is 4. The monoisotopic (exact) mass is 362 g/mol. The molecular formula is C21H18N2O4. The summed E-state index contributed by atoms with van der Waals surface area (Å²) < 4.78 is 5.40. The normalized spacial score (nSPS) is 10.4. The van der Waals surface area contributed by atoms with E-state index in [4.69, 9.17) is 10.2 Å². The van der Waals surface area contributed by atoms with E-state index in [1.54, 1.807) is 12.1 Å². The van der Waals surface area contributed by atoms with Gasteiger partial charge < -0.3 is 10.2 Å². The van der Waals surface area contributed by atoms with Crippen LogP contribution >= 0.6 is 0 Å². The first kappa shape index (κ1) is 18.1. The van der Waals surface area contributed by atoms with Crippen LogP contribution in [0.15, 0.2) is 59.0 Å². The van der Waals surface area contributed by atoms with E-state index in [1.807, 2.05) is 42.5 Å². The number of furan rings is 1. The summed E-state index contributed by atoms with van der Waals surface area (Å²) in [6.07, 6.45) is 0. The zero-order valence-electron chi connectivity index (χ0n) is 14.9. The highest BCUT2D eigenvalue weighted by Gasteiger charge is 2.26. The Kier molecular flexibility index (Phi) is 4.90. The van der Waals surface area contributed by atoms with Crippen molar-refractivity contribution in [1.29, 1.82) is 0 Å². The van der Waals surface area contributed by atoms with Crippen LogP contribution in [0.2, 0.25) is 0 Å². The molecule has 0 saturated carbocycles. The van der Waals surface area contributed by atoms with Gasteiger partial charge in [-0.3, -0.25) is 19.7 Å². The molecule has 2 aromatic carbocycles. The summed E-state index contributed by atoms with van der Waals surface area (Å²) in [5.41, 5.74) is 7.71. The average Bonchev–Trinajstić information content (AvgIpc) is 2.98. The van der Waals surface area contributed by atoms with E-state index in [2.05, 4.69) is 5.32 Å². The zero-order chi connectivity index (χ0) is 19.6. The van der Waals surface area contributed by atoms with Gasteiger partial charge in [-0.15, -0.1) is 0 Å². The van der Waals surface area contributed by atoms with Crippen molar-refractivity contribution in [3.63, 3.8) is 0 Å². The van der Waals surface area contributed by atoms with Crippen LogP contribution in [0.3, 0.4) is 0 Å². The Labute approximate surface area is 156 Å². The Balaban J connectivity index is 1.87. The fourth-order valence-electron chi connectivity index (χ4n) is 2.91. The zero-order valence-corrected chi connectivity index (χ0v) is 14.9. The van der Waals surface area contributed by atoms with Gasteiger partial charge in [0.15, 0.2) is 5.78 Å². The van der Waals surface area contributed by atoms with Gasteiger partial charge in [-0.05, 0) is 37.1 Å². The highest BCUT2D eigenvalue weighted by atomic mass is 16.4. The molecule has 0 bridgehead atoms. The third-order valence-corrected chi connectivity index (χ3v) is 4.16. The maximum absolute atomic E-state index is 12.5. The van der Waals surface area contributed by atoms with E-state index >= 15 is 0 Å². The third-order valence-electron chi connectivity index (χ3n) is 4.16. The summed E-state index contributed by atoms with van der Waals surface area (Å²) in [6, 6.07) is 16.8. The number of benzene rings is 2. The Bertz CT molecular complexity index is 1020. The van der Waals surface area contributed by atoms with E-state index in [1.165, 1.54) is 13.8 Å². The van der Waals surface area contributed by atoms with E-state index in [0.717, 1.165) is 11.1 Å². The molecule has 27 heavy (non-hydrogen) atoms. The number of aryl methyl sites for hydroxylation is 1. The minimum Gasteiger partial charge on any atom is -0.444 e. The molecule has 1 aromatic heterocycles. The van der Waals surface area contributed by atoms with Crippen LogP contribution in [0.4, 0.5) is 5.88 Å². The number of nitrogens with two attached hydrogens (primary N) is 1. The molecule has 6 heteroatoms. The second-order valence-corrected chi connectivity index (χ2v) is 6.06. The molecule has 3 N–H and O–H groups in total. The summed E-state index contributed by atoms with van der Waals surface area (Å²) in [5, 5.41) is 2.52. The fraction of sp³-hybridized carbons (Fsp3) is 0.0952. The molecule has 0 aliphatic carbocycles.